The van der Waals surface area contributed by atoms with Crippen LogP contribution in [0.5, 0.6) is 28.7 Å². The second kappa shape index (κ2) is 6.49. The maximum absolute atomic E-state index is 12.9. The van der Waals surface area contributed by atoms with Gasteiger partial charge in [0.2, 0.25) is 6.29 Å². The molecule has 150 valence electrons. The summed E-state index contributed by atoms with van der Waals surface area (Å²) >= 11 is 0. The van der Waals surface area contributed by atoms with Crippen LogP contribution in [0.2, 0.25) is 0 Å². The number of hydrogen-bond acceptors (Lipinski definition) is 9. The van der Waals surface area contributed by atoms with Crippen molar-refractivity contribution in [2.75, 3.05) is 14.2 Å². The summed E-state index contributed by atoms with van der Waals surface area (Å²) in [7, 11) is 2.68. The Morgan fingerprint density at radius 1 is 1.03 bits per heavy atom. The zero-order valence-corrected chi connectivity index (χ0v) is 15.9. The van der Waals surface area contributed by atoms with Gasteiger partial charge in [-0.1, -0.05) is 0 Å². The van der Waals surface area contributed by atoms with E-state index in [1.54, 1.807) is 6.92 Å². The predicted octanol–water partition coefficient (Wildman–Crippen LogP) is 2.97. The number of carbonyl (C=O) groups excluding carboxylic acids is 3. The summed E-state index contributed by atoms with van der Waals surface area (Å²) in [4.78, 5) is 36.9. The van der Waals surface area contributed by atoms with Crippen LogP contribution in [-0.2, 0) is 9.47 Å². The summed E-state index contributed by atoms with van der Waals surface area (Å²) in [6.07, 6.45) is -0.692. The van der Waals surface area contributed by atoms with Gasteiger partial charge in [-0.25, -0.2) is 9.59 Å². The van der Waals surface area contributed by atoms with Crippen LogP contribution in [0.1, 0.15) is 54.1 Å². The fourth-order valence-electron chi connectivity index (χ4n) is 3.52. The molecular weight excluding hydrogens is 384 g/mol. The molecule has 0 fully saturated rings. The predicted molar refractivity (Wildman–Crippen MR) is 96.2 cm³/mol. The second-order valence-corrected chi connectivity index (χ2v) is 6.52. The SMILES string of the molecule is COc1cc(C)c2c(c1C=O)Oc1c(c(C)c(O)c3c1C(OC)OC3=O)OC2=O. The number of carbonyl (C=O) groups is 3. The first kappa shape index (κ1) is 18.8. The summed E-state index contributed by atoms with van der Waals surface area (Å²) in [6, 6.07) is 1.52. The van der Waals surface area contributed by atoms with Crippen LogP contribution in [0.3, 0.4) is 0 Å². The van der Waals surface area contributed by atoms with Crippen LogP contribution < -0.4 is 14.2 Å². The van der Waals surface area contributed by atoms with Gasteiger partial charge in [0.15, 0.2) is 23.5 Å². The maximum Gasteiger partial charge on any atom is 0.347 e. The Kier molecular flexibility index (Phi) is 4.20. The van der Waals surface area contributed by atoms with Gasteiger partial charge in [0.25, 0.3) is 0 Å². The third-order valence-corrected chi connectivity index (χ3v) is 4.94. The number of phenolic OH excluding ortho intramolecular Hbond substituents is 1. The zero-order chi connectivity index (χ0) is 21.0. The van der Waals surface area contributed by atoms with Crippen molar-refractivity contribution in [2.24, 2.45) is 0 Å². The van der Waals surface area contributed by atoms with Crippen molar-refractivity contribution in [2.45, 2.75) is 20.1 Å². The quantitative estimate of drug-likeness (QED) is 0.471. The number of cyclic esters (lactones) is 1. The number of methoxy groups -OCH3 is 2. The number of rotatable bonds is 3. The first-order valence-corrected chi connectivity index (χ1v) is 8.53. The van der Waals surface area contributed by atoms with Crippen LogP contribution in [0.4, 0.5) is 0 Å². The molecule has 9 nitrogen and oxygen atoms in total. The molecule has 0 saturated carbocycles. The normalized spacial score (nSPS) is 16.6. The van der Waals surface area contributed by atoms with Crippen LogP contribution >= 0.6 is 0 Å². The summed E-state index contributed by atoms with van der Waals surface area (Å²) in [5.41, 5.74) is 0.487. The van der Waals surface area contributed by atoms with E-state index < -0.39 is 24.0 Å². The standard InChI is InChI=1S/C20H16O9/c1-7-5-10(25-3)9(6-21)16-11(7)18(23)28-15-8(2)14(22)12-13(17(15)27-16)20(26-4)29-19(12)24/h5-6,20,22H,1-4H3. The Morgan fingerprint density at radius 3 is 2.38 bits per heavy atom. The molecule has 0 saturated heterocycles. The van der Waals surface area contributed by atoms with E-state index in [1.165, 1.54) is 27.2 Å². The Balaban J connectivity index is 2.09. The van der Waals surface area contributed by atoms with E-state index in [0.717, 1.165) is 0 Å². The zero-order valence-electron chi connectivity index (χ0n) is 15.9. The van der Waals surface area contributed by atoms with Crippen molar-refractivity contribution >= 4 is 18.2 Å². The molecule has 0 spiro atoms. The molecule has 4 rings (SSSR count). The lowest BCUT2D eigenvalue weighted by Crippen LogP contribution is -2.11. The van der Waals surface area contributed by atoms with Crippen LogP contribution in [0.25, 0.3) is 0 Å². The van der Waals surface area contributed by atoms with Crippen molar-refractivity contribution in [3.05, 3.63) is 39.4 Å². The number of ether oxygens (including phenoxy) is 5. The van der Waals surface area contributed by atoms with E-state index in [9.17, 15) is 19.5 Å². The Bertz CT molecular complexity index is 1100. The van der Waals surface area contributed by atoms with E-state index in [0.29, 0.717) is 11.8 Å². The van der Waals surface area contributed by atoms with Crippen LogP contribution in [0.15, 0.2) is 6.07 Å². The summed E-state index contributed by atoms with van der Waals surface area (Å²) < 4.78 is 27.0. The fourth-order valence-corrected chi connectivity index (χ4v) is 3.52. The van der Waals surface area contributed by atoms with E-state index in [1.807, 2.05) is 0 Å². The van der Waals surface area contributed by atoms with E-state index in [-0.39, 0.29) is 50.8 Å². The summed E-state index contributed by atoms with van der Waals surface area (Å²) in [5, 5.41) is 10.5. The minimum atomic E-state index is -1.19. The van der Waals surface area contributed by atoms with Gasteiger partial charge in [-0.3, -0.25) is 4.79 Å². The lowest BCUT2D eigenvalue weighted by molar-refractivity contribution is -0.0822. The number of fused-ring (bicyclic) bond motifs is 4. The van der Waals surface area contributed by atoms with Gasteiger partial charge >= 0.3 is 11.9 Å². The molecule has 9 heteroatoms. The molecule has 2 aliphatic rings. The minimum Gasteiger partial charge on any atom is -0.507 e. The highest BCUT2D eigenvalue weighted by Gasteiger charge is 2.43. The number of hydrogen-bond donors (Lipinski definition) is 1. The molecule has 2 aliphatic heterocycles. The Morgan fingerprint density at radius 2 is 1.76 bits per heavy atom. The molecule has 0 aromatic heterocycles. The molecule has 1 atom stereocenters. The van der Waals surface area contributed by atoms with Gasteiger partial charge in [0.1, 0.15) is 22.6 Å². The number of aromatic hydroxyl groups is 1. The van der Waals surface area contributed by atoms with Gasteiger partial charge in [-0.15, -0.1) is 0 Å². The lowest BCUT2D eigenvalue weighted by Gasteiger charge is -2.18. The molecular formula is C20H16O9. The highest BCUT2D eigenvalue weighted by atomic mass is 16.7. The van der Waals surface area contributed by atoms with Crippen molar-refractivity contribution in [1.29, 1.82) is 0 Å². The van der Waals surface area contributed by atoms with Gasteiger partial charge in [0.05, 0.1) is 18.2 Å². The fraction of sp³-hybridized carbons (Fsp3) is 0.250. The molecule has 0 aliphatic carbocycles. The first-order chi connectivity index (χ1) is 13.8. The highest BCUT2D eigenvalue weighted by molar-refractivity contribution is 6.03. The van der Waals surface area contributed by atoms with Crippen molar-refractivity contribution in [1.82, 2.24) is 0 Å². The molecule has 0 amide bonds. The highest BCUT2D eigenvalue weighted by Crippen LogP contribution is 2.54. The third kappa shape index (κ3) is 2.47. The molecule has 0 bridgehead atoms. The first-order valence-electron chi connectivity index (χ1n) is 8.53. The Hall–Kier alpha value is -3.59. The molecule has 29 heavy (non-hydrogen) atoms. The van der Waals surface area contributed by atoms with Crippen molar-refractivity contribution in [3.63, 3.8) is 0 Å². The molecule has 1 unspecified atom stereocenters. The number of esters is 2. The molecule has 0 radical (unpaired) electrons. The molecule has 2 aromatic rings. The summed E-state index contributed by atoms with van der Waals surface area (Å²) in [6.45, 7) is 3.10. The third-order valence-electron chi connectivity index (χ3n) is 4.94. The van der Waals surface area contributed by atoms with Crippen molar-refractivity contribution < 1.29 is 43.2 Å². The van der Waals surface area contributed by atoms with E-state index in [2.05, 4.69) is 0 Å². The number of aldehydes is 1. The molecule has 1 N–H and O–H groups in total. The smallest absolute Gasteiger partial charge is 0.347 e. The Labute approximate surface area is 164 Å². The van der Waals surface area contributed by atoms with E-state index >= 15 is 0 Å². The monoisotopic (exact) mass is 400 g/mol. The van der Waals surface area contributed by atoms with E-state index in [4.69, 9.17) is 23.7 Å². The minimum absolute atomic E-state index is 0.00316. The van der Waals surface area contributed by atoms with Gasteiger partial charge in [-0.2, -0.15) is 0 Å². The maximum atomic E-state index is 12.9. The molecule has 2 heterocycles. The average Bonchev–Trinajstić information content (AvgIpc) is 2.95. The van der Waals surface area contributed by atoms with Gasteiger partial charge in [-0.05, 0) is 25.5 Å². The average molecular weight is 400 g/mol. The van der Waals surface area contributed by atoms with Crippen LogP contribution in [-0.4, -0.2) is 37.6 Å². The summed E-state index contributed by atoms with van der Waals surface area (Å²) in [5.74, 6) is -2.04. The van der Waals surface area contributed by atoms with Crippen molar-refractivity contribution in [3.8, 4) is 28.7 Å². The number of benzene rings is 2. The number of phenols is 1. The number of aryl methyl sites for hydroxylation is 1. The van der Waals surface area contributed by atoms with Crippen LogP contribution in [0, 0.1) is 13.8 Å². The molecule has 2 aromatic carbocycles. The van der Waals surface area contributed by atoms with Gasteiger partial charge in [0, 0.05) is 12.7 Å². The van der Waals surface area contributed by atoms with Gasteiger partial charge < -0.3 is 28.8 Å². The lowest BCUT2D eigenvalue weighted by atomic mass is 10.0. The topological polar surface area (TPSA) is 118 Å². The largest absolute Gasteiger partial charge is 0.507 e. The second-order valence-electron chi connectivity index (χ2n) is 6.52.